The molecule has 0 saturated carbocycles. The number of methoxy groups -OCH3 is 1. The van der Waals surface area contributed by atoms with E-state index < -0.39 is 19.2 Å². The van der Waals surface area contributed by atoms with Gasteiger partial charge in [-0.15, -0.1) is 0 Å². The van der Waals surface area contributed by atoms with Crippen LogP contribution in [0.4, 0.5) is 0 Å². The number of rotatable bonds is 7. The van der Waals surface area contributed by atoms with Crippen LogP contribution in [0.1, 0.15) is 27.7 Å². The van der Waals surface area contributed by atoms with Crippen molar-refractivity contribution in [1.29, 1.82) is 0 Å². The monoisotopic (exact) mass is 264 g/mol. The molecule has 0 heterocycles. The Morgan fingerprint density at radius 1 is 1.29 bits per heavy atom. The summed E-state index contributed by atoms with van der Waals surface area (Å²) in [5, 5.41) is 0. The Hall–Kier alpha value is -0.640. The molecule has 0 aliphatic heterocycles. The van der Waals surface area contributed by atoms with Gasteiger partial charge in [-0.3, -0.25) is 4.57 Å². The Morgan fingerprint density at radius 3 is 2.12 bits per heavy atom. The zero-order valence-electron chi connectivity index (χ0n) is 11.1. The van der Waals surface area contributed by atoms with Crippen LogP contribution >= 0.6 is 7.60 Å². The molecule has 0 saturated heterocycles. The Morgan fingerprint density at radius 2 is 1.76 bits per heavy atom. The third-order valence-electron chi connectivity index (χ3n) is 2.30. The lowest BCUT2D eigenvalue weighted by Gasteiger charge is -2.23. The molecule has 5 nitrogen and oxygen atoms in total. The number of hydrogen-bond donors (Lipinski definition) is 0. The molecule has 0 N–H and O–H groups in total. The van der Waals surface area contributed by atoms with Gasteiger partial charge in [0, 0.05) is 6.08 Å². The van der Waals surface area contributed by atoms with Gasteiger partial charge in [-0.2, -0.15) is 0 Å². The van der Waals surface area contributed by atoms with Crippen LogP contribution in [0.25, 0.3) is 0 Å². The van der Waals surface area contributed by atoms with E-state index in [0.717, 1.165) is 0 Å². The summed E-state index contributed by atoms with van der Waals surface area (Å²) in [5.41, 5.74) is 0.142. The number of hydrogen-bond acceptors (Lipinski definition) is 5. The van der Waals surface area contributed by atoms with Crippen LogP contribution in [-0.4, -0.2) is 32.0 Å². The first-order valence-electron chi connectivity index (χ1n) is 5.56. The fraction of sp³-hybridized carbons (Fsp3) is 0.727. The molecule has 0 aliphatic rings. The van der Waals surface area contributed by atoms with Gasteiger partial charge in [0.15, 0.2) is 0 Å². The van der Waals surface area contributed by atoms with E-state index in [1.54, 1.807) is 27.7 Å². The van der Waals surface area contributed by atoms with Gasteiger partial charge >= 0.3 is 13.6 Å². The Kier molecular flexibility index (Phi) is 7.35. The number of carbonyl (C=O) groups is 1. The van der Waals surface area contributed by atoms with Crippen LogP contribution < -0.4 is 0 Å². The molecule has 0 radical (unpaired) electrons. The normalized spacial score (nSPS) is 14.5. The van der Waals surface area contributed by atoms with Gasteiger partial charge in [0.25, 0.3) is 0 Å². The number of ether oxygens (including phenoxy) is 1. The van der Waals surface area contributed by atoms with Crippen LogP contribution in [0.3, 0.4) is 0 Å². The lowest BCUT2D eigenvalue weighted by Crippen LogP contribution is -2.12. The predicted octanol–water partition coefficient (Wildman–Crippen LogP) is 2.76. The minimum absolute atomic E-state index is 0.299. The van der Waals surface area contributed by atoms with Crippen molar-refractivity contribution in [2.24, 2.45) is 0 Å². The van der Waals surface area contributed by atoms with Crippen molar-refractivity contribution in [1.82, 2.24) is 0 Å². The SMILES string of the molecule is CCOP(=O)(OCC)C(C)/C(C)=C/C(=O)OC. The number of esters is 1. The summed E-state index contributed by atoms with van der Waals surface area (Å²) in [6.07, 6.45) is 1.30. The van der Waals surface area contributed by atoms with Gasteiger partial charge in [-0.05, 0) is 27.7 Å². The molecule has 1 atom stereocenters. The van der Waals surface area contributed by atoms with E-state index in [0.29, 0.717) is 18.8 Å². The topological polar surface area (TPSA) is 61.8 Å². The van der Waals surface area contributed by atoms with Gasteiger partial charge in [0.2, 0.25) is 0 Å². The molecule has 1 unspecified atom stereocenters. The van der Waals surface area contributed by atoms with Gasteiger partial charge < -0.3 is 13.8 Å². The van der Waals surface area contributed by atoms with Gasteiger partial charge in [-0.1, -0.05) is 5.57 Å². The maximum absolute atomic E-state index is 12.4. The van der Waals surface area contributed by atoms with Crippen LogP contribution in [0, 0.1) is 0 Å². The predicted molar refractivity (Wildman–Crippen MR) is 66.1 cm³/mol. The molecule has 0 fully saturated rings. The highest BCUT2D eigenvalue weighted by molar-refractivity contribution is 7.54. The fourth-order valence-electron chi connectivity index (χ4n) is 1.24. The minimum Gasteiger partial charge on any atom is -0.466 e. The first kappa shape index (κ1) is 16.4. The Bertz CT molecular complexity index is 314. The standard InChI is InChI=1S/C11H21O5P/c1-6-15-17(13,16-7-2)10(4)9(3)8-11(12)14-5/h8,10H,6-7H2,1-5H3/b9-8+. The van der Waals surface area contributed by atoms with Crippen molar-refractivity contribution in [3.05, 3.63) is 11.6 Å². The van der Waals surface area contributed by atoms with Crippen molar-refractivity contribution >= 4 is 13.6 Å². The van der Waals surface area contributed by atoms with E-state index >= 15 is 0 Å². The van der Waals surface area contributed by atoms with E-state index in [1.165, 1.54) is 13.2 Å². The van der Waals surface area contributed by atoms with Crippen molar-refractivity contribution < 1.29 is 23.1 Å². The summed E-state index contributed by atoms with van der Waals surface area (Å²) in [4.78, 5) is 11.1. The van der Waals surface area contributed by atoms with Crippen molar-refractivity contribution in [2.45, 2.75) is 33.4 Å². The van der Waals surface area contributed by atoms with E-state index in [4.69, 9.17) is 9.05 Å². The van der Waals surface area contributed by atoms with Crippen molar-refractivity contribution in [3.63, 3.8) is 0 Å². The zero-order chi connectivity index (χ0) is 13.5. The summed E-state index contributed by atoms with van der Waals surface area (Å²) < 4.78 is 27.3. The summed E-state index contributed by atoms with van der Waals surface area (Å²) in [5.74, 6) is -0.478. The molecular weight excluding hydrogens is 243 g/mol. The molecule has 0 bridgehead atoms. The van der Waals surface area contributed by atoms with Crippen LogP contribution in [0.15, 0.2) is 11.6 Å². The second-order valence-electron chi connectivity index (χ2n) is 3.46. The minimum atomic E-state index is -3.21. The summed E-state index contributed by atoms with van der Waals surface area (Å²) in [7, 11) is -1.92. The van der Waals surface area contributed by atoms with Crippen molar-refractivity contribution in [3.8, 4) is 0 Å². The number of carbonyl (C=O) groups excluding carboxylic acids is 1. The average Bonchev–Trinajstić information content (AvgIpc) is 2.28. The van der Waals surface area contributed by atoms with Crippen LogP contribution in [0.5, 0.6) is 0 Å². The molecule has 0 spiro atoms. The summed E-state index contributed by atoms with van der Waals surface area (Å²) in [6, 6.07) is 0. The third-order valence-corrected chi connectivity index (χ3v) is 4.89. The highest BCUT2D eigenvalue weighted by Gasteiger charge is 2.33. The second-order valence-corrected chi connectivity index (χ2v) is 5.83. The molecule has 0 aromatic heterocycles. The molecular formula is C11H21O5P. The quantitative estimate of drug-likeness (QED) is 0.402. The highest BCUT2D eigenvalue weighted by Crippen LogP contribution is 2.55. The third kappa shape index (κ3) is 5.02. The lowest BCUT2D eigenvalue weighted by molar-refractivity contribution is -0.134. The Balaban J connectivity index is 4.95. The van der Waals surface area contributed by atoms with E-state index in [1.807, 2.05) is 0 Å². The van der Waals surface area contributed by atoms with E-state index in [2.05, 4.69) is 4.74 Å². The van der Waals surface area contributed by atoms with Gasteiger partial charge in [0.1, 0.15) is 0 Å². The van der Waals surface area contributed by atoms with Gasteiger partial charge in [0.05, 0.1) is 26.0 Å². The maximum Gasteiger partial charge on any atom is 0.337 e. The molecule has 6 heteroatoms. The van der Waals surface area contributed by atoms with Crippen molar-refractivity contribution in [2.75, 3.05) is 20.3 Å². The summed E-state index contributed by atoms with van der Waals surface area (Å²) in [6.45, 7) is 7.50. The van der Waals surface area contributed by atoms with Crippen LogP contribution in [-0.2, 0) is 23.1 Å². The average molecular weight is 264 g/mol. The largest absolute Gasteiger partial charge is 0.466 e. The Labute approximate surface area is 103 Å². The molecule has 0 aliphatic carbocycles. The lowest BCUT2D eigenvalue weighted by atomic mass is 10.2. The number of allylic oxidation sites excluding steroid dienone is 1. The molecule has 17 heavy (non-hydrogen) atoms. The van der Waals surface area contributed by atoms with E-state index in [9.17, 15) is 9.36 Å². The first-order valence-corrected chi connectivity index (χ1v) is 7.17. The fourth-order valence-corrected chi connectivity index (χ4v) is 3.05. The summed E-state index contributed by atoms with van der Waals surface area (Å²) >= 11 is 0. The highest BCUT2D eigenvalue weighted by atomic mass is 31.2. The second kappa shape index (κ2) is 7.64. The van der Waals surface area contributed by atoms with E-state index in [-0.39, 0.29) is 0 Å². The molecule has 0 aromatic rings. The first-order chi connectivity index (χ1) is 7.91. The molecule has 0 amide bonds. The molecule has 100 valence electrons. The van der Waals surface area contributed by atoms with Gasteiger partial charge in [-0.25, -0.2) is 4.79 Å². The smallest absolute Gasteiger partial charge is 0.337 e. The molecule has 0 aromatic carbocycles. The maximum atomic E-state index is 12.4. The zero-order valence-corrected chi connectivity index (χ0v) is 12.0. The molecule has 0 rings (SSSR count). The van der Waals surface area contributed by atoms with Crippen LogP contribution in [0.2, 0.25) is 0 Å².